The van der Waals surface area contributed by atoms with Crippen LogP contribution in [0.5, 0.6) is 0 Å². The van der Waals surface area contributed by atoms with Gasteiger partial charge in [0.15, 0.2) is 6.29 Å². The van der Waals surface area contributed by atoms with Crippen LogP contribution in [0.25, 0.3) is 0 Å². The molecule has 2 aliphatic heterocycles. The Bertz CT molecular complexity index is 1090. The maximum Gasteiger partial charge on any atom is 0.416 e. The van der Waals surface area contributed by atoms with Crippen LogP contribution in [0.15, 0.2) is 36.4 Å². The molecule has 0 radical (unpaired) electrons. The Morgan fingerprint density at radius 2 is 1.91 bits per heavy atom. The van der Waals surface area contributed by atoms with Crippen LogP contribution in [0.4, 0.5) is 17.6 Å². The predicted molar refractivity (Wildman–Crippen MR) is 123 cm³/mol. The average molecular weight is 494 g/mol. The quantitative estimate of drug-likeness (QED) is 0.472. The van der Waals surface area contributed by atoms with Gasteiger partial charge in [-0.2, -0.15) is 13.2 Å². The summed E-state index contributed by atoms with van der Waals surface area (Å²) in [4.78, 5) is 13.9. The monoisotopic (exact) mass is 493 g/mol. The summed E-state index contributed by atoms with van der Waals surface area (Å²) in [5.74, 6) is 0.0403. The van der Waals surface area contributed by atoms with Gasteiger partial charge >= 0.3 is 6.18 Å². The Labute approximate surface area is 203 Å². The SMILES string of the molecule is CC(=O)N1C[C@H]2CO[C@H](O[C@H](C)c3cc(CF)cc(C(F)(F)F)c3)[C@@H](c3cc(C)ccc3C)[C@@H]2C1. The number of fused-ring (bicyclic) bond motifs is 1. The molecular weight excluding hydrogens is 462 g/mol. The summed E-state index contributed by atoms with van der Waals surface area (Å²) in [7, 11) is 0. The van der Waals surface area contributed by atoms with Gasteiger partial charge in [-0.1, -0.05) is 29.8 Å². The van der Waals surface area contributed by atoms with Gasteiger partial charge in [0.25, 0.3) is 0 Å². The number of alkyl halides is 4. The first-order chi connectivity index (χ1) is 16.5. The zero-order chi connectivity index (χ0) is 25.5. The van der Waals surface area contributed by atoms with Crippen LogP contribution >= 0.6 is 0 Å². The highest BCUT2D eigenvalue weighted by atomic mass is 19.4. The molecule has 35 heavy (non-hydrogen) atoms. The Morgan fingerprint density at radius 1 is 1.17 bits per heavy atom. The lowest BCUT2D eigenvalue weighted by Gasteiger charge is -2.41. The van der Waals surface area contributed by atoms with E-state index in [4.69, 9.17) is 9.47 Å². The third-order valence-electron chi connectivity index (χ3n) is 7.26. The number of hydrogen-bond donors (Lipinski definition) is 0. The minimum atomic E-state index is -4.59. The van der Waals surface area contributed by atoms with E-state index in [2.05, 4.69) is 6.07 Å². The highest BCUT2D eigenvalue weighted by molar-refractivity contribution is 5.73. The van der Waals surface area contributed by atoms with Crippen molar-refractivity contribution in [3.05, 3.63) is 69.8 Å². The maximum absolute atomic E-state index is 13.4. The lowest BCUT2D eigenvalue weighted by molar-refractivity contribution is -0.217. The number of aryl methyl sites for hydroxylation is 2. The van der Waals surface area contributed by atoms with Crippen LogP contribution in [0, 0.1) is 25.7 Å². The van der Waals surface area contributed by atoms with Gasteiger partial charge in [-0.15, -0.1) is 0 Å². The standard InChI is InChI=1S/C27H31F4NO3/c1-15-5-6-16(2)23(7-15)25-24-13-32(18(4)33)12-21(24)14-34-26(25)35-17(3)20-8-19(11-28)9-22(10-20)27(29,30)31/h5-10,17,21,24-26H,11-14H2,1-4H3/t17-,21+,24-,25+,26-/m1/s1. The number of amides is 1. The van der Waals surface area contributed by atoms with E-state index >= 15 is 0 Å². The summed E-state index contributed by atoms with van der Waals surface area (Å²) >= 11 is 0. The van der Waals surface area contributed by atoms with Gasteiger partial charge in [0.1, 0.15) is 6.67 Å². The minimum absolute atomic E-state index is 0.00710. The van der Waals surface area contributed by atoms with Crippen molar-refractivity contribution in [2.45, 2.75) is 58.9 Å². The minimum Gasteiger partial charge on any atom is -0.352 e. The van der Waals surface area contributed by atoms with Crippen LogP contribution < -0.4 is 0 Å². The Morgan fingerprint density at radius 3 is 2.57 bits per heavy atom. The molecule has 0 aromatic heterocycles. The van der Waals surface area contributed by atoms with Gasteiger partial charge in [0.2, 0.25) is 5.91 Å². The number of likely N-dealkylation sites (tertiary alicyclic amines) is 1. The predicted octanol–water partition coefficient (Wildman–Crippen LogP) is 6.10. The first kappa shape index (κ1) is 25.6. The number of carbonyl (C=O) groups is 1. The molecule has 0 aliphatic carbocycles. The number of nitrogens with zero attached hydrogens (tertiary/aromatic N) is 1. The Hall–Kier alpha value is -2.45. The fraction of sp³-hybridized carbons (Fsp3) is 0.519. The largest absolute Gasteiger partial charge is 0.416 e. The van der Waals surface area contributed by atoms with Crippen molar-refractivity contribution in [2.75, 3.05) is 19.7 Å². The maximum atomic E-state index is 13.4. The van der Waals surface area contributed by atoms with E-state index in [0.717, 1.165) is 28.8 Å². The Balaban J connectivity index is 1.68. The number of rotatable bonds is 5. The molecule has 4 nitrogen and oxygen atoms in total. The van der Waals surface area contributed by atoms with E-state index in [0.29, 0.717) is 19.7 Å². The zero-order valence-electron chi connectivity index (χ0n) is 20.4. The molecule has 4 rings (SSSR count). The molecule has 190 valence electrons. The molecule has 1 amide bonds. The van der Waals surface area contributed by atoms with E-state index in [1.165, 1.54) is 6.07 Å². The summed E-state index contributed by atoms with van der Waals surface area (Å²) in [5.41, 5.74) is 2.48. The van der Waals surface area contributed by atoms with E-state index in [-0.39, 0.29) is 34.8 Å². The molecule has 0 bridgehead atoms. The van der Waals surface area contributed by atoms with Gasteiger partial charge in [0.05, 0.1) is 18.3 Å². The van der Waals surface area contributed by atoms with Crippen molar-refractivity contribution in [1.82, 2.24) is 4.90 Å². The van der Waals surface area contributed by atoms with Crippen LogP contribution in [0.2, 0.25) is 0 Å². The number of carbonyl (C=O) groups excluding carboxylic acids is 1. The molecule has 2 aromatic rings. The van der Waals surface area contributed by atoms with Crippen molar-refractivity contribution in [1.29, 1.82) is 0 Å². The van der Waals surface area contributed by atoms with E-state index in [1.54, 1.807) is 13.8 Å². The smallest absolute Gasteiger partial charge is 0.352 e. The third-order valence-corrected chi connectivity index (χ3v) is 7.26. The zero-order valence-corrected chi connectivity index (χ0v) is 20.4. The van der Waals surface area contributed by atoms with Gasteiger partial charge in [-0.3, -0.25) is 4.79 Å². The van der Waals surface area contributed by atoms with Gasteiger partial charge < -0.3 is 14.4 Å². The first-order valence-corrected chi connectivity index (χ1v) is 11.8. The van der Waals surface area contributed by atoms with Crippen LogP contribution in [-0.2, 0) is 27.1 Å². The number of benzene rings is 2. The van der Waals surface area contributed by atoms with E-state index in [1.807, 2.05) is 30.9 Å². The van der Waals surface area contributed by atoms with Crippen LogP contribution in [-0.4, -0.2) is 36.8 Å². The molecule has 0 spiro atoms. The topological polar surface area (TPSA) is 38.8 Å². The molecule has 2 aromatic carbocycles. The molecule has 8 heteroatoms. The highest BCUT2D eigenvalue weighted by Crippen LogP contribution is 2.46. The fourth-order valence-corrected chi connectivity index (χ4v) is 5.35. The molecular formula is C27H31F4NO3. The van der Waals surface area contributed by atoms with Crippen molar-refractivity contribution in [3.63, 3.8) is 0 Å². The number of ether oxygens (including phenoxy) is 2. The van der Waals surface area contributed by atoms with Gasteiger partial charge in [-0.05, 0) is 61.1 Å². The van der Waals surface area contributed by atoms with E-state index in [9.17, 15) is 22.4 Å². The van der Waals surface area contributed by atoms with Gasteiger partial charge in [0, 0.05) is 31.8 Å². The molecule has 0 unspecified atom stereocenters. The van der Waals surface area contributed by atoms with E-state index < -0.39 is 30.8 Å². The summed E-state index contributed by atoms with van der Waals surface area (Å²) in [5, 5.41) is 0. The fourth-order valence-electron chi connectivity index (χ4n) is 5.35. The molecule has 2 heterocycles. The normalized spacial score (nSPS) is 25.4. The Kier molecular flexibility index (Phi) is 7.25. The number of hydrogen-bond acceptors (Lipinski definition) is 3. The molecule has 0 saturated carbocycles. The second-order valence-electron chi connectivity index (χ2n) is 9.81. The summed E-state index contributed by atoms with van der Waals surface area (Å²) < 4.78 is 66.0. The second kappa shape index (κ2) is 9.90. The molecule has 0 N–H and O–H groups in total. The van der Waals surface area contributed by atoms with Crippen molar-refractivity contribution < 1.29 is 31.8 Å². The van der Waals surface area contributed by atoms with Crippen molar-refractivity contribution >= 4 is 5.91 Å². The van der Waals surface area contributed by atoms with Crippen molar-refractivity contribution in [3.8, 4) is 0 Å². The molecule has 2 fully saturated rings. The van der Waals surface area contributed by atoms with Crippen LogP contribution in [0.3, 0.4) is 0 Å². The lowest BCUT2D eigenvalue weighted by atomic mass is 9.76. The molecule has 2 saturated heterocycles. The lowest BCUT2D eigenvalue weighted by Crippen LogP contribution is -2.42. The summed E-state index contributed by atoms with van der Waals surface area (Å²) in [6.45, 7) is 7.80. The number of halogens is 4. The van der Waals surface area contributed by atoms with Gasteiger partial charge in [-0.25, -0.2) is 4.39 Å². The molecule has 5 atom stereocenters. The van der Waals surface area contributed by atoms with Crippen molar-refractivity contribution in [2.24, 2.45) is 11.8 Å². The summed E-state index contributed by atoms with van der Waals surface area (Å²) in [6, 6.07) is 9.39. The molecule has 2 aliphatic rings. The average Bonchev–Trinajstić information content (AvgIpc) is 3.24. The third kappa shape index (κ3) is 5.38. The van der Waals surface area contributed by atoms with Crippen LogP contribution in [0.1, 0.15) is 59.3 Å². The first-order valence-electron chi connectivity index (χ1n) is 11.8. The summed E-state index contributed by atoms with van der Waals surface area (Å²) in [6.07, 6.45) is -6.07. The second-order valence-corrected chi connectivity index (χ2v) is 9.81. The highest BCUT2D eigenvalue weighted by Gasteiger charge is 2.48.